The maximum Gasteiger partial charge on any atom is 0.259 e. The summed E-state index contributed by atoms with van der Waals surface area (Å²) in [5.41, 5.74) is 5.24. The third-order valence-corrected chi connectivity index (χ3v) is 6.16. The number of anilines is 1. The second-order valence-corrected chi connectivity index (χ2v) is 8.45. The Morgan fingerprint density at radius 1 is 1.00 bits per heavy atom. The number of rotatable bonds is 3. The lowest BCUT2D eigenvalue weighted by Gasteiger charge is -2.39. The summed E-state index contributed by atoms with van der Waals surface area (Å²) < 4.78 is 0. The number of nitrogens with zero attached hydrogens (tertiary/aromatic N) is 3. The summed E-state index contributed by atoms with van der Waals surface area (Å²) >= 11 is 0. The number of carbonyl (C=O) groups excluding carboxylic acids is 1. The number of benzene rings is 2. The summed E-state index contributed by atoms with van der Waals surface area (Å²) in [7, 11) is 0. The largest absolute Gasteiger partial charge is 0.305 e. The Kier molecular flexibility index (Phi) is 4.99. The minimum atomic E-state index is 0.0171. The zero-order chi connectivity index (χ0) is 21.4. The van der Waals surface area contributed by atoms with Crippen LogP contribution >= 0.6 is 0 Å². The maximum absolute atomic E-state index is 14.1. The predicted octanol–water partition coefficient (Wildman–Crippen LogP) is 5.91. The molecule has 4 nitrogen and oxygen atoms in total. The highest BCUT2D eigenvalue weighted by atomic mass is 16.2. The fourth-order valence-corrected chi connectivity index (χ4v) is 4.58. The number of para-hydroxylation sites is 1. The summed E-state index contributed by atoms with van der Waals surface area (Å²) in [4.78, 5) is 25.4. The molecule has 0 spiro atoms. The van der Waals surface area contributed by atoms with E-state index in [2.05, 4.69) is 37.0 Å². The van der Waals surface area contributed by atoms with Gasteiger partial charge in [0, 0.05) is 28.9 Å². The first-order valence-electron chi connectivity index (χ1n) is 10.9. The Labute approximate surface area is 182 Å². The molecule has 31 heavy (non-hydrogen) atoms. The highest BCUT2D eigenvalue weighted by molar-refractivity contribution is 6.14. The van der Waals surface area contributed by atoms with Gasteiger partial charge < -0.3 is 4.90 Å². The lowest BCUT2D eigenvalue weighted by Crippen LogP contribution is -2.46. The van der Waals surface area contributed by atoms with E-state index in [0.29, 0.717) is 17.1 Å². The molecule has 1 atom stereocenters. The number of hydrogen-bond donors (Lipinski definition) is 0. The molecule has 1 unspecified atom stereocenters. The monoisotopic (exact) mass is 407 g/mol. The van der Waals surface area contributed by atoms with Crippen LogP contribution in [0.5, 0.6) is 0 Å². The van der Waals surface area contributed by atoms with Gasteiger partial charge in [-0.25, -0.2) is 9.97 Å². The Morgan fingerprint density at radius 3 is 2.58 bits per heavy atom. The molecular weight excluding hydrogens is 382 g/mol. The molecule has 4 heteroatoms. The second kappa shape index (κ2) is 7.95. The number of hydrogen-bond acceptors (Lipinski definition) is 3. The van der Waals surface area contributed by atoms with Crippen LogP contribution in [-0.2, 0) is 6.42 Å². The van der Waals surface area contributed by atoms with Crippen molar-refractivity contribution in [2.24, 2.45) is 5.92 Å². The quantitative estimate of drug-likeness (QED) is 0.424. The van der Waals surface area contributed by atoms with Crippen molar-refractivity contribution in [2.75, 3.05) is 4.90 Å². The van der Waals surface area contributed by atoms with Crippen LogP contribution in [0.1, 0.15) is 36.2 Å². The molecule has 4 aromatic rings. The Balaban J connectivity index is 1.70. The van der Waals surface area contributed by atoms with E-state index in [1.165, 1.54) is 5.56 Å². The molecule has 0 radical (unpaired) electrons. The molecule has 0 bridgehead atoms. The second-order valence-electron chi connectivity index (χ2n) is 8.45. The van der Waals surface area contributed by atoms with Crippen molar-refractivity contribution >= 4 is 22.6 Å². The van der Waals surface area contributed by atoms with Crippen molar-refractivity contribution < 1.29 is 4.79 Å². The van der Waals surface area contributed by atoms with Gasteiger partial charge in [-0.3, -0.25) is 4.79 Å². The topological polar surface area (TPSA) is 46.1 Å². The molecule has 0 aliphatic carbocycles. The molecule has 1 amide bonds. The van der Waals surface area contributed by atoms with Crippen LogP contribution in [-0.4, -0.2) is 21.9 Å². The maximum atomic E-state index is 14.1. The number of aryl methyl sites for hydroxylation is 1. The summed E-state index contributed by atoms with van der Waals surface area (Å²) in [6.07, 6.45) is 3.69. The van der Waals surface area contributed by atoms with Crippen LogP contribution in [0.15, 0.2) is 79.0 Å². The molecule has 1 aliphatic rings. The van der Waals surface area contributed by atoms with Crippen molar-refractivity contribution in [1.82, 2.24) is 9.97 Å². The van der Waals surface area contributed by atoms with E-state index in [4.69, 9.17) is 4.98 Å². The van der Waals surface area contributed by atoms with E-state index in [0.717, 1.165) is 35.2 Å². The van der Waals surface area contributed by atoms with Gasteiger partial charge in [0.1, 0.15) is 0 Å². The van der Waals surface area contributed by atoms with E-state index in [1.807, 2.05) is 59.5 Å². The zero-order valence-corrected chi connectivity index (χ0v) is 17.8. The number of amides is 1. The molecule has 3 heterocycles. The van der Waals surface area contributed by atoms with Crippen molar-refractivity contribution in [3.8, 4) is 11.3 Å². The highest BCUT2D eigenvalue weighted by Gasteiger charge is 2.34. The van der Waals surface area contributed by atoms with Gasteiger partial charge >= 0.3 is 0 Å². The van der Waals surface area contributed by atoms with E-state index in [9.17, 15) is 4.79 Å². The number of fused-ring (bicyclic) bond motifs is 2. The smallest absolute Gasteiger partial charge is 0.259 e. The van der Waals surface area contributed by atoms with Crippen LogP contribution in [0, 0.1) is 5.92 Å². The molecule has 2 aromatic heterocycles. The van der Waals surface area contributed by atoms with Gasteiger partial charge in [-0.2, -0.15) is 0 Å². The van der Waals surface area contributed by atoms with Crippen LogP contribution in [0.4, 0.5) is 5.69 Å². The van der Waals surface area contributed by atoms with Gasteiger partial charge in [0.05, 0.1) is 11.3 Å². The fourth-order valence-electron chi connectivity index (χ4n) is 4.58. The molecule has 2 aromatic carbocycles. The molecule has 0 fully saturated rings. The minimum absolute atomic E-state index is 0.0171. The summed E-state index contributed by atoms with van der Waals surface area (Å²) in [6, 6.07) is 24.1. The van der Waals surface area contributed by atoms with E-state index < -0.39 is 0 Å². The van der Waals surface area contributed by atoms with Crippen LogP contribution in [0.2, 0.25) is 0 Å². The molecule has 1 aliphatic heterocycles. The minimum Gasteiger partial charge on any atom is -0.305 e. The first-order valence-corrected chi connectivity index (χ1v) is 10.9. The van der Waals surface area contributed by atoms with Crippen molar-refractivity contribution in [1.29, 1.82) is 0 Å². The van der Waals surface area contributed by atoms with Crippen molar-refractivity contribution in [2.45, 2.75) is 32.7 Å². The summed E-state index contributed by atoms with van der Waals surface area (Å²) in [5, 5.41) is 0.790. The average molecular weight is 408 g/mol. The molecule has 0 saturated heterocycles. The first kappa shape index (κ1) is 19.4. The number of pyridine rings is 2. The third-order valence-electron chi connectivity index (χ3n) is 6.16. The lowest BCUT2D eigenvalue weighted by molar-refractivity contribution is 0.0966. The van der Waals surface area contributed by atoms with Crippen LogP contribution < -0.4 is 4.90 Å². The Bertz CT molecular complexity index is 1250. The van der Waals surface area contributed by atoms with E-state index >= 15 is 0 Å². The predicted molar refractivity (Wildman–Crippen MR) is 125 cm³/mol. The van der Waals surface area contributed by atoms with Gasteiger partial charge in [0.25, 0.3) is 5.91 Å². The Morgan fingerprint density at radius 2 is 1.77 bits per heavy atom. The van der Waals surface area contributed by atoms with Crippen molar-refractivity contribution in [3.05, 3.63) is 90.1 Å². The zero-order valence-electron chi connectivity index (χ0n) is 17.8. The van der Waals surface area contributed by atoms with Crippen molar-refractivity contribution in [3.63, 3.8) is 0 Å². The third kappa shape index (κ3) is 3.48. The number of aromatic nitrogens is 2. The summed E-state index contributed by atoms with van der Waals surface area (Å²) in [5.74, 6) is 0.376. The normalized spacial score (nSPS) is 15.8. The van der Waals surface area contributed by atoms with Gasteiger partial charge in [0.2, 0.25) is 0 Å². The molecule has 154 valence electrons. The average Bonchev–Trinajstić information content (AvgIpc) is 2.82. The lowest BCUT2D eigenvalue weighted by atomic mass is 9.88. The fraction of sp³-hybridized carbons (Fsp3) is 0.222. The SMILES string of the molecule is CC(C)C1CCc2ccccc2N1C(=O)c1cc(-c2ccccc2)nc2ncccc12. The Hall–Kier alpha value is -3.53. The highest BCUT2D eigenvalue weighted by Crippen LogP contribution is 2.36. The molecule has 0 N–H and O–H groups in total. The van der Waals surface area contributed by atoms with Crippen LogP contribution in [0.25, 0.3) is 22.3 Å². The van der Waals surface area contributed by atoms with Gasteiger partial charge in [0.15, 0.2) is 5.65 Å². The van der Waals surface area contributed by atoms with Gasteiger partial charge in [-0.1, -0.05) is 62.4 Å². The van der Waals surface area contributed by atoms with E-state index in [1.54, 1.807) is 6.20 Å². The molecule has 0 saturated carbocycles. The molecule has 5 rings (SSSR count). The standard InChI is InChI=1S/C27H25N3O/c1-18(2)24-15-14-20-11-6-7-13-25(20)30(24)27(31)22-17-23(19-9-4-3-5-10-19)29-26-21(22)12-8-16-28-26/h3-13,16-18,24H,14-15H2,1-2H3. The van der Waals surface area contributed by atoms with Crippen LogP contribution in [0.3, 0.4) is 0 Å². The molecular formula is C27H25N3O. The number of carbonyl (C=O) groups is 1. The van der Waals surface area contributed by atoms with Gasteiger partial charge in [-0.05, 0) is 48.6 Å². The first-order chi connectivity index (χ1) is 15.1. The summed E-state index contributed by atoms with van der Waals surface area (Å²) in [6.45, 7) is 4.39. The van der Waals surface area contributed by atoms with Gasteiger partial charge in [-0.15, -0.1) is 0 Å². The van der Waals surface area contributed by atoms with E-state index in [-0.39, 0.29) is 11.9 Å².